The fourth-order valence-corrected chi connectivity index (χ4v) is 2.37. The number of nitrogens with zero attached hydrogens (tertiary/aromatic N) is 2. The maximum atomic E-state index is 11.5. The Morgan fingerprint density at radius 1 is 1.50 bits per heavy atom. The standard InChI is InChI=1S/C12H11ClN4O/c1-6-15-2-3-17(6)10-5-9-7(4-8(10)13)11(14)12(18)16-9/h2-5,11H,14H2,1H3,(H,16,18). The zero-order valence-corrected chi connectivity index (χ0v) is 10.4. The van der Waals surface area contributed by atoms with Crippen molar-refractivity contribution in [2.75, 3.05) is 5.32 Å². The Labute approximate surface area is 109 Å². The number of imidazole rings is 1. The molecule has 1 amide bonds. The number of rotatable bonds is 1. The van der Waals surface area contributed by atoms with Gasteiger partial charge in [-0.2, -0.15) is 0 Å². The Morgan fingerprint density at radius 2 is 2.28 bits per heavy atom. The van der Waals surface area contributed by atoms with Crippen molar-refractivity contribution in [1.29, 1.82) is 0 Å². The third-order valence-electron chi connectivity index (χ3n) is 3.08. The summed E-state index contributed by atoms with van der Waals surface area (Å²) >= 11 is 6.24. The smallest absolute Gasteiger partial charge is 0.245 e. The first-order chi connectivity index (χ1) is 8.58. The fourth-order valence-electron chi connectivity index (χ4n) is 2.11. The molecule has 1 aliphatic heterocycles. The molecular weight excluding hydrogens is 252 g/mol. The lowest BCUT2D eigenvalue weighted by Gasteiger charge is -2.10. The number of fused-ring (bicyclic) bond motifs is 1. The monoisotopic (exact) mass is 262 g/mol. The number of nitrogens with one attached hydrogen (secondary N) is 1. The van der Waals surface area contributed by atoms with Gasteiger partial charge in [-0.3, -0.25) is 4.79 Å². The van der Waals surface area contributed by atoms with Gasteiger partial charge in [0.2, 0.25) is 5.91 Å². The summed E-state index contributed by atoms with van der Waals surface area (Å²) in [6.07, 6.45) is 3.52. The number of halogens is 1. The first-order valence-electron chi connectivity index (χ1n) is 5.48. The summed E-state index contributed by atoms with van der Waals surface area (Å²) < 4.78 is 1.86. The quantitative estimate of drug-likeness (QED) is 0.823. The van der Waals surface area contributed by atoms with E-state index >= 15 is 0 Å². The van der Waals surface area contributed by atoms with Crippen molar-refractivity contribution < 1.29 is 4.79 Å². The second kappa shape index (κ2) is 3.83. The summed E-state index contributed by atoms with van der Waals surface area (Å²) in [4.78, 5) is 15.7. The second-order valence-electron chi connectivity index (χ2n) is 4.20. The van der Waals surface area contributed by atoms with Crippen LogP contribution in [0.25, 0.3) is 5.69 Å². The topological polar surface area (TPSA) is 72.9 Å². The zero-order valence-electron chi connectivity index (χ0n) is 9.64. The van der Waals surface area contributed by atoms with Crippen LogP contribution in [0.3, 0.4) is 0 Å². The lowest BCUT2D eigenvalue weighted by molar-refractivity contribution is -0.116. The third kappa shape index (κ3) is 1.52. The highest BCUT2D eigenvalue weighted by Gasteiger charge is 2.28. The Morgan fingerprint density at radius 3 is 2.94 bits per heavy atom. The van der Waals surface area contributed by atoms with Crippen molar-refractivity contribution in [1.82, 2.24) is 9.55 Å². The Hall–Kier alpha value is -1.85. The van der Waals surface area contributed by atoms with Gasteiger partial charge < -0.3 is 15.6 Å². The van der Waals surface area contributed by atoms with Crippen molar-refractivity contribution >= 4 is 23.2 Å². The molecule has 0 saturated heterocycles. The van der Waals surface area contributed by atoms with Gasteiger partial charge in [0.05, 0.1) is 10.7 Å². The first-order valence-corrected chi connectivity index (χ1v) is 5.86. The number of anilines is 1. The predicted octanol–water partition coefficient (Wildman–Crippen LogP) is 1.79. The number of aromatic nitrogens is 2. The molecule has 0 saturated carbocycles. The maximum Gasteiger partial charge on any atom is 0.245 e. The number of amides is 1. The summed E-state index contributed by atoms with van der Waals surface area (Å²) in [6.45, 7) is 1.88. The summed E-state index contributed by atoms with van der Waals surface area (Å²) in [5.74, 6) is 0.617. The van der Waals surface area contributed by atoms with E-state index in [0.717, 1.165) is 17.1 Å². The number of carbonyl (C=O) groups is 1. The lowest BCUT2D eigenvalue weighted by atomic mass is 10.1. The molecule has 1 aromatic heterocycles. The molecular formula is C12H11ClN4O. The van der Waals surface area contributed by atoms with Crippen molar-refractivity contribution in [2.24, 2.45) is 5.73 Å². The molecule has 0 aliphatic carbocycles. The highest BCUT2D eigenvalue weighted by atomic mass is 35.5. The van der Waals surface area contributed by atoms with Crippen LogP contribution in [-0.2, 0) is 4.79 Å². The van der Waals surface area contributed by atoms with Gasteiger partial charge >= 0.3 is 0 Å². The highest BCUT2D eigenvalue weighted by Crippen LogP contribution is 2.35. The number of carbonyl (C=O) groups excluding carboxylic acids is 1. The molecule has 0 spiro atoms. The van der Waals surface area contributed by atoms with Crippen LogP contribution in [0.4, 0.5) is 5.69 Å². The van der Waals surface area contributed by atoms with Gasteiger partial charge in [0.15, 0.2) is 0 Å². The van der Waals surface area contributed by atoms with Crippen LogP contribution < -0.4 is 11.1 Å². The minimum absolute atomic E-state index is 0.208. The van der Waals surface area contributed by atoms with E-state index in [2.05, 4.69) is 10.3 Å². The van der Waals surface area contributed by atoms with Gasteiger partial charge in [-0.05, 0) is 19.1 Å². The van der Waals surface area contributed by atoms with Crippen molar-refractivity contribution in [3.8, 4) is 5.69 Å². The molecule has 0 bridgehead atoms. The molecule has 1 aliphatic rings. The van der Waals surface area contributed by atoms with Crippen molar-refractivity contribution in [2.45, 2.75) is 13.0 Å². The Balaban J connectivity index is 2.18. The van der Waals surface area contributed by atoms with Crippen LogP contribution in [0.15, 0.2) is 24.5 Å². The molecule has 3 rings (SSSR count). The predicted molar refractivity (Wildman–Crippen MR) is 68.9 cm³/mol. The molecule has 0 radical (unpaired) electrons. The molecule has 1 aromatic carbocycles. The molecule has 18 heavy (non-hydrogen) atoms. The number of aryl methyl sites for hydroxylation is 1. The normalized spacial score (nSPS) is 17.7. The van der Waals surface area contributed by atoms with Gasteiger partial charge in [0.25, 0.3) is 0 Å². The average molecular weight is 263 g/mol. The number of hydrogen-bond donors (Lipinski definition) is 2. The van der Waals surface area contributed by atoms with E-state index in [-0.39, 0.29) is 5.91 Å². The van der Waals surface area contributed by atoms with Crippen LogP contribution in [0.1, 0.15) is 17.4 Å². The van der Waals surface area contributed by atoms with E-state index in [1.807, 2.05) is 23.8 Å². The molecule has 2 aromatic rings. The van der Waals surface area contributed by atoms with Crippen LogP contribution in [-0.4, -0.2) is 15.5 Å². The van der Waals surface area contributed by atoms with Crippen LogP contribution in [0.5, 0.6) is 0 Å². The first kappa shape index (κ1) is 11.3. The largest absolute Gasteiger partial charge is 0.324 e. The lowest BCUT2D eigenvalue weighted by Crippen LogP contribution is -2.19. The van der Waals surface area contributed by atoms with Crippen LogP contribution >= 0.6 is 11.6 Å². The minimum atomic E-state index is -0.643. The van der Waals surface area contributed by atoms with Gasteiger partial charge in [-0.25, -0.2) is 4.98 Å². The maximum absolute atomic E-state index is 11.5. The summed E-state index contributed by atoms with van der Waals surface area (Å²) in [5, 5.41) is 3.28. The summed E-state index contributed by atoms with van der Waals surface area (Å²) in [5.41, 5.74) is 7.98. The van der Waals surface area contributed by atoms with Gasteiger partial charge in [-0.15, -0.1) is 0 Å². The van der Waals surface area contributed by atoms with E-state index < -0.39 is 6.04 Å². The molecule has 1 unspecified atom stereocenters. The van der Waals surface area contributed by atoms with Crippen LogP contribution in [0, 0.1) is 6.92 Å². The second-order valence-corrected chi connectivity index (χ2v) is 4.61. The number of benzene rings is 1. The van der Waals surface area contributed by atoms with Crippen LogP contribution in [0.2, 0.25) is 5.02 Å². The fraction of sp³-hybridized carbons (Fsp3) is 0.167. The Kier molecular flexibility index (Phi) is 2.39. The van der Waals surface area contributed by atoms with E-state index in [9.17, 15) is 4.79 Å². The third-order valence-corrected chi connectivity index (χ3v) is 3.38. The van der Waals surface area contributed by atoms with Gasteiger partial charge in [-0.1, -0.05) is 11.6 Å². The van der Waals surface area contributed by atoms with Gasteiger partial charge in [0.1, 0.15) is 11.9 Å². The number of nitrogens with two attached hydrogens (primary N) is 1. The average Bonchev–Trinajstić information content (AvgIpc) is 2.86. The highest BCUT2D eigenvalue weighted by molar-refractivity contribution is 6.32. The molecule has 5 nitrogen and oxygen atoms in total. The molecule has 6 heteroatoms. The van der Waals surface area contributed by atoms with E-state index in [1.54, 1.807) is 12.3 Å². The van der Waals surface area contributed by atoms with E-state index in [4.69, 9.17) is 17.3 Å². The van der Waals surface area contributed by atoms with E-state index in [0.29, 0.717) is 10.7 Å². The summed E-state index contributed by atoms with van der Waals surface area (Å²) in [6, 6.07) is 2.90. The zero-order chi connectivity index (χ0) is 12.9. The summed E-state index contributed by atoms with van der Waals surface area (Å²) in [7, 11) is 0. The molecule has 0 fully saturated rings. The van der Waals surface area contributed by atoms with E-state index in [1.165, 1.54) is 0 Å². The Bertz CT molecular complexity index is 650. The molecule has 92 valence electrons. The van der Waals surface area contributed by atoms with Gasteiger partial charge in [0, 0.05) is 23.6 Å². The van der Waals surface area contributed by atoms with Crippen molar-refractivity contribution in [3.63, 3.8) is 0 Å². The SMILES string of the molecule is Cc1nccn1-c1cc2c(cc1Cl)C(N)C(=O)N2. The minimum Gasteiger partial charge on any atom is -0.324 e. The van der Waals surface area contributed by atoms with Crippen molar-refractivity contribution in [3.05, 3.63) is 40.9 Å². The molecule has 3 N–H and O–H groups in total. The molecule has 1 atom stereocenters. The number of hydrogen-bond acceptors (Lipinski definition) is 3. The molecule has 2 heterocycles.